The molecule has 0 unspecified atom stereocenters. The van der Waals surface area contributed by atoms with Crippen LogP contribution in [0.2, 0.25) is 0 Å². The summed E-state index contributed by atoms with van der Waals surface area (Å²) in [7, 11) is 0. The fraction of sp³-hybridized carbons (Fsp3) is 0.111. The van der Waals surface area contributed by atoms with E-state index in [-0.39, 0.29) is 5.91 Å². The SMILES string of the molecule is CC(C)c1ccc(C=CC(=O)Nc2cccc(-c3cc4ccccc4oc3=O)c2)cc1. The van der Waals surface area contributed by atoms with Gasteiger partial charge in [-0.15, -0.1) is 0 Å². The summed E-state index contributed by atoms with van der Waals surface area (Å²) in [4.78, 5) is 24.8. The molecule has 0 aliphatic rings. The topological polar surface area (TPSA) is 59.3 Å². The molecular weight excluding hydrogens is 386 g/mol. The number of rotatable bonds is 5. The van der Waals surface area contributed by atoms with Gasteiger partial charge in [0.25, 0.3) is 0 Å². The van der Waals surface area contributed by atoms with Crippen LogP contribution in [-0.2, 0) is 4.79 Å². The molecule has 3 aromatic carbocycles. The van der Waals surface area contributed by atoms with Gasteiger partial charge in [-0.25, -0.2) is 4.79 Å². The highest BCUT2D eigenvalue weighted by Crippen LogP contribution is 2.23. The summed E-state index contributed by atoms with van der Waals surface area (Å²) in [5.41, 5.74) is 4.11. The molecule has 1 N–H and O–H groups in total. The van der Waals surface area contributed by atoms with Crippen LogP contribution in [0.15, 0.2) is 94.2 Å². The average molecular weight is 409 g/mol. The minimum absolute atomic E-state index is 0.240. The molecule has 4 aromatic rings. The molecular formula is C27H23NO3. The first kappa shape index (κ1) is 20.4. The van der Waals surface area contributed by atoms with Gasteiger partial charge in [0.2, 0.25) is 5.91 Å². The Labute approximate surface area is 180 Å². The lowest BCUT2D eigenvalue weighted by Crippen LogP contribution is -2.08. The number of nitrogens with one attached hydrogen (secondary N) is 1. The van der Waals surface area contributed by atoms with E-state index in [2.05, 4.69) is 31.3 Å². The zero-order chi connectivity index (χ0) is 21.8. The first-order chi connectivity index (χ1) is 15.0. The van der Waals surface area contributed by atoms with Crippen LogP contribution in [0, 0.1) is 0 Å². The highest BCUT2D eigenvalue weighted by atomic mass is 16.4. The van der Waals surface area contributed by atoms with Crippen molar-refractivity contribution in [2.24, 2.45) is 0 Å². The summed E-state index contributed by atoms with van der Waals surface area (Å²) < 4.78 is 5.42. The quantitative estimate of drug-likeness (QED) is 0.314. The van der Waals surface area contributed by atoms with E-state index in [9.17, 15) is 9.59 Å². The van der Waals surface area contributed by atoms with Gasteiger partial charge in [0.05, 0.1) is 5.56 Å². The highest BCUT2D eigenvalue weighted by molar-refractivity contribution is 6.02. The van der Waals surface area contributed by atoms with Crippen LogP contribution in [-0.4, -0.2) is 5.91 Å². The monoisotopic (exact) mass is 409 g/mol. The first-order valence-electron chi connectivity index (χ1n) is 10.2. The molecule has 1 aromatic heterocycles. The molecule has 154 valence electrons. The summed E-state index contributed by atoms with van der Waals surface area (Å²) in [6, 6.07) is 24.5. The van der Waals surface area contributed by atoms with Crippen LogP contribution in [0.5, 0.6) is 0 Å². The molecule has 0 spiro atoms. The van der Waals surface area contributed by atoms with Gasteiger partial charge in [-0.3, -0.25) is 4.79 Å². The number of anilines is 1. The van der Waals surface area contributed by atoms with Gasteiger partial charge in [-0.05, 0) is 52.9 Å². The number of fused-ring (bicyclic) bond motifs is 1. The molecule has 1 amide bonds. The van der Waals surface area contributed by atoms with Crippen molar-refractivity contribution in [3.63, 3.8) is 0 Å². The Bertz CT molecular complexity index is 1310. The molecule has 4 nitrogen and oxygen atoms in total. The van der Waals surface area contributed by atoms with Crippen molar-refractivity contribution in [2.45, 2.75) is 19.8 Å². The number of para-hydroxylation sites is 1. The number of benzene rings is 3. The summed E-state index contributed by atoms with van der Waals surface area (Å²) >= 11 is 0. The second-order valence-electron chi connectivity index (χ2n) is 7.71. The molecule has 0 saturated carbocycles. The van der Waals surface area contributed by atoms with Gasteiger partial charge in [0.15, 0.2) is 0 Å². The van der Waals surface area contributed by atoms with E-state index in [1.54, 1.807) is 30.3 Å². The van der Waals surface area contributed by atoms with Crippen molar-refractivity contribution in [3.05, 3.63) is 106 Å². The lowest BCUT2D eigenvalue weighted by atomic mass is 10.0. The van der Waals surface area contributed by atoms with E-state index in [1.807, 2.05) is 42.5 Å². The zero-order valence-corrected chi connectivity index (χ0v) is 17.5. The normalized spacial score (nSPS) is 11.3. The molecule has 0 radical (unpaired) electrons. The van der Waals surface area contributed by atoms with Gasteiger partial charge >= 0.3 is 5.63 Å². The number of carbonyl (C=O) groups excluding carboxylic acids is 1. The van der Waals surface area contributed by atoms with Crippen molar-refractivity contribution in [1.82, 2.24) is 0 Å². The predicted molar refractivity (Wildman–Crippen MR) is 126 cm³/mol. The maximum absolute atomic E-state index is 12.4. The maximum atomic E-state index is 12.4. The van der Waals surface area contributed by atoms with E-state index >= 15 is 0 Å². The Morgan fingerprint density at radius 3 is 2.48 bits per heavy atom. The third-order valence-electron chi connectivity index (χ3n) is 5.11. The minimum atomic E-state index is -0.410. The van der Waals surface area contributed by atoms with Crippen molar-refractivity contribution in [3.8, 4) is 11.1 Å². The fourth-order valence-corrected chi connectivity index (χ4v) is 3.38. The third-order valence-corrected chi connectivity index (χ3v) is 5.11. The fourth-order valence-electron chi connectivity index (χ4n) is 3.38. The predicted octanol–water partition coefficient (Wildman–Crippen LogP) is 6.24. The molecule has 0 fully saturated rings. The van der Waals surface area contributed by atoms with E-state index in [4.69, 9.17) is 4.42 Å². The summed E-state index contributed by atoms with van der Waals surface area (Å²) in [6.45, 7) is 4.29. The summed E-state index contributed by atoms with van der Waals surface area (Å²) in [5.74, 6) is 0.231. The van der Waals surface area contributed by atoms with Crippen LogP contribution in [0.4, 0.5) is 5.69 Å². The molecule has 31 heavy (non-hydrogen) atoms. The van der Waals surface area contributed by atoms with Crippen LogP contribution >= 0.6 is 0 Å². The highest BCUT2D eigenvalue weighted by Gasteiger charge is 2.09. The Balaban J connectivity index is 1.51. The molecule has 0 aliphatic carbocycles. The number of amides is 1. The number of hydrogen-bond donors (Lipinski definition) is 1. The lowest BCUT2D eigenvalue weighted by molar-refractivity contribution is -0.111. The van der Waals surface area contributed by atoms with E-state index in [0.29, 0.717) is 28.3 Å². The Hall–Kier alpha value is -3.92. The molecule has 4 rings (SSSR count). The standard InChI is InChI=1S/C27H23NO3/c1-18(2)20-13-10-19(11-14-20)12-15-26(29)28-23-8-5-7-21(16-23)24-17-22-6-3-4-9-25(22)31-27(24)30/h3-18H,1-2H3,(H,28,29). The number of hydrogen-bond acceptors (Lipinski definition) is 3. The Kier molecular flexibility index (Phi) is 5.80. The largest absolute Gasteiger partial charge is 0.422 e. The Morgan fingerprint density at radius 2 is 1.71 bits per heavy atom. The maximum Gasteiger partial charge on any atom is 0.344 e. The molecule has 1 heterocycles. The first-order valence-corrected chi connectivity index (χ1v) is 10.2. The average Bonchev–Trinajstić information content (AvgIpc) is 2.77. The van der Waals surface area contributed by atoms with Crippen LogP contribution in [0.3, 0.4) is 0 Å². The Morgan fingerprint density at radius 1 is 0.935 bits per heavy atom. The zero-order valence-electron chi connectivity index (χ0n) is 17.5. The molecule has 0 aliphatic heterocycles. The lowest BCUT2D eigenvalue weighted by Gasteiger charge is -2.07. The van der Waals surface area contributed by atoms with Crippen molar-refractivity contribution in [1.29, 1.82) is 0 Å². The van der Waals surface area contributed by atoms with Crippen LogP contribution < -0.4 is 10.9 Å². The van der Waals surface area contributed by atoms with Crippen molar-refractivity contribution in [2.75, 3.05) is 5.32 Å². The van der Waals surface area contributed by atoms with E-state index in [0.717, 1.165) is 10.9 Å². The molecule has 0 bridgehead atoms. The molecule has 4 heteroatoms. The summed E-state index contributed by atoms with van der Waals surface area (Å²) in [5, 5.41) is 3.70. The van der Waals surface area contributed by atoms with Crippen LogP contribution in [0.25, 0.3) is 28.2 Å². The van der Waals surface area contributed by atoms with E-state index < -0.39 is 5.63 Å². The van der Waals surface area contributed by atoms with Crippen molar-refractivity contribution < 1.29 is 9.21 Å². The van der Waals surface area contributed by atoms with Gasteiger partial charge in [0.1, 0.15) is 5.58 Å². The van der Waals surface area contributed by atoms with Gasteiger partial charge in [-0.1, -0.05) is 68.4 Å². The van der Waals surface area contributed by atoms with Gasteiger partial charge in [0, 0.05) is 17.1 Å². The van der Waals surface area contributed by atoms with Crippen LogP contribution in [0.1, 0.15) is 30.9 Å². The third kappa shape index (κ3) is 4.81. The van der Waals surface area contributed by atoms with Gasteiger partial charge in [-0.2, -0.15) is 0 Å². The number of carbonyl (C=O) groups is 1. The van der Waals surface area contributed by atoms with E-state index in [1.165, 1.54) is 11.6 Å². The van der Waals surface area contributed by atoms with Crippen molar-refractivity contribution >= 4 is 28.6 Å². The molecule has 0 saturated heterocycles. The van der Waals surface area contributed by atoms with Gasteiger partial charge < -0.3 is 9.73 Å². The molecule has 0 atom stereocenters. The summed E-state index contributed by atoms with van der Waals surface area (Å²) in [6.07, 6.45) is 3.28. The minimum Gasteiger partial charge on any atom is -0.422 e. The second-order valence-corrected chi connectivity index (χ2v) is 7.71. The smallest absolute Gasteiger partial charge is 0.344 e. The second kappa shape index (κ2) is 8.84.